The lowest BCUT2D eigenvalue weighted by atomic mass is 10.00. The van der Waals surface area contributed by atoms with Crippen molar-refractivity contribution in [2.75, 3.05) is 0 Å². The second kappa shape index (κ2) is 5.82. The largest absolute Gasteiger partial charge is 0.360 e. The van der Waals surface area contributed by atoms with Gasteiger partial charge in [0.2, 0.25) is 0 Å². The van der Waals surface area contributed by atoms with Crippen LogP contribution in [0.15, 0.2) is 49.2 Å². The molecule has 0 bridgehead atoms. The van der Waals surface area contributed by atoms with Gasteiger partial charge >= 0.3 is 0 Å². The molecule has 22 heavy (non-hydrogen) atoms. The molecule has 0 saturated heterocycles. The number of allylic oxidation sites excluding steroid dienone is 2. The first-order valence-corrected chi connectivity index (χ1v) is 7.55. The minimum Gasteiger partial charge on any atom is -0.360 e. The van der Waals surface area contributed by atoms with Crippen molar-refractivity contribution in [1.82, 2.24) is 9.97 Å². The van der Waals surface area contributed by atoms with Crippen molar-refractivity contribution < 1.29 is 0 Å². The van der Waals surface area contributed by atoms with E-state index in [2.05, 4.69) is 30.6 Å². The molecular formula is C19H17ClN2. The van der Waals surface area contributed by atoms with E-state index in [1.807, 2.05) is 43.5 Å². The van der Waals surface area contributed by atoms with Gasteiger partial charge in [-0.25, -0.2) is 4.98 Å². The fourth-order valence-corrected chi connectivity index (χ4v) is 2.80. The zero-order valence-electron chi connectivity index (χ0n) is 12.7. The van der Waals surface area contributed by atoms with Crippen molar-refractivity contribution >= 4 is 34.2 Å². The summed E-state index contributed by atoms with van der Waals surface area (Å²) in [4.78, 5) is 8.05. The lowest BCUT2D eigenvalue weighted by Crippen LogP contribution is -1.89. The van der Waals surface area contributed by atoms with Crippen molar-refractivity contribution in [3.63, 3.8) is 0 Å². The van der Waals surface area contributed by atoms with E-state index in [1.54, 1.807) is 0 Å². The molecule has 0 spiro atoms. The Morgan fingerprint density at radius 1 is 1.27 bits per heavy atom. The van der Waals surface area contributed by atoms with Crippen molar-refractivity contribution in [3.8, 4) is 11.3 Å². The number of aromatic amines is 1. The number of aromatic nitrogens is 2. The number of rotatable bonds is 3. The van der Waals surface area contributed by atoms with Crippen molar-refractivity contribution in [1.29, 1.82) is 0 Å². The smallest absolute Gasteiger partial charge is 0.0731 e. The van der Waals surface area contributed by atoms with E-state index in [0.717, 1.165) is 38.4 Å². The molecular weight excluding hydrogens is 292 g/mol. The number of pyridine rings is 1. The van der Waals surface area contributed by atoms with Crippen LogP contribution in [0.5, 0.6) is 0 Å². The van der Waals surface area contributed by atoms with E-state index in [1.165, 1.54) is 5.57 Å². The summed E-state index contributed by atoms with van der Waals surface area (Å²) < 4.78 is 0. The molecule has 0 saturated carbocycles. The van der Waals surface area contributed by atoms with E-state index in [-0.39, 0.29) is 0 Å². The van der Waals surface area contributed by atoms with E-state index >= 15 is 0 Å². The highest BCUT2D eigenvalue weighted by Crippen LogP contribution is 2.32. The SMILES string of the molecule is C=Cc1[nH]cc(-c2ccc3cc(Cl)ccc3n2)c1/C(C)=C\C. The summed E-state index contributed by atoms with van der Waals surface area (Å²) >= 11 is 6.03. The molecule has 0 radical (unpaired) electrons. The number of halogens is 1. The maximum Gasteiger partial charge on any atom is 0.0731 e. The molecule has 3 aromatic rings. The summed E-state index contributed by atoms with van der Waals surface area (Å²) in [6.07, 6.45) is 5.93. The zero-order valence-corrected chi connectivity index (χ0v) is 13.4. The van der Waals surface area contributed by atoms with Crippen LogP contribution in [0.2, 0.25) is 5.02 Å². The van der Waals surface area contributed by atoms with Crippen LogP contribution in [0.1, 0.15) is 25.1 Å². The molecule has 0 amide bonds. The molecule has 2 aromatic heterocycles. The van der Waals surface area contributed by atoms with Gasteiger partial charge in [-0.05, 0) is 49.8 Å². The first-order valence-electron chi connectivity index (χ1n) is 7.18. The molecule has 1 N–H and O–H groups in total. The molecule has 0 unspecified atom stereocenters. The molecule has 0 aliphatic carbocycles. The molecule has 0 aliphatic heterocycles. The van der Waals surface area contributed by atoms with Gasteiger partial charge in [-0.2, -0.15) is 0 Å². The fourth-order valence-electron chi connectivity index (χ4n) is 2.62. The van der Waals surface area contributed by atoms with Gasteiger partial charge in [0.1, 0.15) is 0 Å². The molecule has 1 aromatic carbocycles. The third-order valence-electron chi connectivity index (χ3n) is 3.87. The van der Waals surface area contributed by atoms with E-state index < -0.39 is 0 Å². The van der Waals surface area contributed by atoms with Crippen LogP contribution in [0.3, 0.4) is 0 Å². The Labute approximate surface area is 135 Å². The monoisotopic (exact) mass is 308 g/mol. The Bertz CT molecular complexity index is 888. The maximum absolute atomic E-state index is 6.03. The minimum atomic E-state index is 0.725. The summed E-state index contributed by atoms with van der Waals surface area (Å²) in [6.45, 7) is 8.02. The van der Waals surface area contributed by atoms with Crippen LogP contribution in [-0.2, 0) is 0 Å². The summed E-state index contributed by atoms with van der Waals surface area (Å²) in [7, 11) is 0. The van der Waals surface area contributed by atoms with Gasteiger partial charge in [-0.1, -0.05) is 30.3 Å². The van der Waals surface area contributed by atoms with Gasteiger partial charge in [0, 0.05) is 33.4 Å². The number of H-pyrrole nitrogens is 1. The molecule has 3 heteroatoms. The molecule has 2 heterocycles. The normalized spacial score (nSPS) is 11.9. The number of nitrogens with one attached hydrogen (secondary N) is 1. The van der Waals surface area contributed by atoms with Crippen molar-refractivity contribution in [3.05, 3.63) is 65.5 Å². The Morgan fingerprint density at radius 2 is 2.09 bits per heavy atom. The lowest BCUT2D eigenvalue weighted by Gasteiger charge is -2.07. The predicted molar refractivity (Wildman–Crippen MR) is 96.0 cm³/mol. The molecule has 2 nitrogen and oxygen atoms in total. The minimum absolute atomic E-state index is 0.725. The second-order valence-electron chi connectivity index (χ2n) is 5.20. The predicted octanol–water partition coefficient (Wildman–Crippen LogP) is 5.95. The van der Waals surface area contributed by atoms with Gasteiger partial charge in [-0.3, -0.25) is 0 Å². The number of benzene rings is 1. The molecule has 0 atom stereocenters. The van der Waals surface area contributed by atoms with Gasteiger partial charge in [0.05, 0.1) is 11.2 Å². The van der Waals surface area contributed by atoms with E-state index in [0.29, 0.717) is 0 Å². The van der Waals surface area contributed by atoms with E-state index in [4.69, 9.17) is 16.6 Å². The second-order valence-corrected chi connectivity index (χ2v) is 5.64. The fraction of sp³-hybridized carbons (Fsp3) is 0.105. The Kier molecular flexibility index (Phi) is 3.86. The zero-order chi connectivity index (χ0) is 15.7. The van der Waals surface area contributed by atoms with E-state index in [9.17, 15) is 0 Å². The molecule has 0 aliphatic rings. The highest BCUT2D eigenvalue weighted by molar-refractivity contribution is 6.31. The van der Waals surface area contributed by atoms with Crippen LogP contribution < -0.4 is 0 Å². The third kappa shape index (κ3) is 2.46. The van der Waals surface area contributed by atoms with Gasteiger partial charge in [0.25, 0.3) is 0 Å². The van der Waals surface area contributed by atoms with Gasteiger partial charge < -0.3 is 4.98 Å². The highest BCUT2D eigenvalue weighted by atomic mass is 35.5. The number of hydrogen-bond donors (Lipinski definition) is 1. The number of hydrogen-bond acceptors (Lipinski definition) is 1. The quantitative estimate of drug-likeness (QED) is 0.636. The lowest BCUT2D eigenvalue weighted by molar-refractivity contribution is 1.36. The average Bonchev–Trinajstić information content (AvgIpc) is 2.97. The Balaban J connectivity index is 2.21. The molecule has 0 fully saturated rings. The summed E-state index contributed by atoms with van der Waals surface area (Å²) in [6, 6.07) is 9.83. The van der Waals surface area contributed by atoms with Crippen LogP contribution in [0.25, 0.3) is 33.8 Å². The van der Waals surface area contributed by atoms with Crippen molar-refractivity contribution in [2.24, 2.45) is 0 Å². The first-order chi connectivity index (χ1) is 10.6. The first kappa shape index (κ1) is 14.6. The van der Waals surface area contributed by atoms with Crippen LogP contribution >= 0.6 is 11.6 Å². The van der Waals surface area contributed by atoms with Crippen LogP contribution in [0.4, 0.5) is 0 Å². The van der Waals surface area contributed by atoms with Crippen molar-refractivity contribution in [2.45, 2.75) is 13.8 Å². The number of fused-ring (bicyclic) bond motifs is 1. The van der Waals surface area contributed by atoms with Crippen LogP contribution in [0, 0.1) is 0 Å². The van der Waals surface area contributed by atoms with Crippen LogP contribution in [-0.4, -0.2) is 9.97 Å². The summed E-state index contributed by atoms with van der Waals surface area (Å²) in [5, 5.41) is 1.77. The number of nitrogens with zero attached hydrogens (tertiary/aromatic N) is 1. The maximum atomic E-state index is 6.03. The molecule has 3 rings (SSSR count). The summed E-state index contributed by atoms with van der Waals surface area (Å²) in [5.74, 6) is 0. The Morgan fingerprint density at radius 3 is 2.82 bits per heavy atom. The standard InChI is InChI=1S/C19H17ClN2/c1-4-12(3)19-15(11-21-16(19)5-2)18-8-6-13-10-14(20)7-9-17(13)22-18/h4-11,21H,2H2,1,3H3/b12-4-. The molecule has 110 valence electrons. The third-order valence-corrected chi connectivity index (χ3v) is 4.10. The topological polar surface area (TPSA) is 28.7 Å². The Hall–Kier alpha value is -2.32. The van der Waals surface area contributed by atoms with Gasteiger partial charge in [-0.15, -0.1) is 0 Å². The highest BCUT2D eigenvalue weighted by Gasteiger charge is 2.13. The van der Waals surface area contributed by atoms with Gasteiger partial charge in [0.15, 0.2) is 0 Å². The average molecular weight is 309 g/mol. The summed E-state index contributed by atoms with van der Waals surface area (Å²) in [5.41, 5.74) is 6.33.